The minimum atomic E-state index is -0.590. The highest BCUT2D eigenvalue weighted by molar-refractivity contribution is 7.13. The van der Waals surface area contributed by atoms with Gasteiger partial charge in [-0.15, -0.1) is 11.3 Å². The summed E-state index contributed by atoms with van der Waals surface area (Å²) >= 11 is 1.54. The number of thiazole rings is 1. The molecule has 2 aromatic rings. The number of hydrogen-bond donors (Lipinski definition) is 3. The number of anilines is 1. The molecule has 2 fully saturated rings. The van der Waals surface area contributed by atoms with Crippen molar-refractivity contribution in [3.05, 3.63) is 46.0 Å². The summed E-state index contributed by atoms with van der Waals surface area (Å²) in [4.78, 5) is 42.7. The lowest BCUT2D eigenvalue weighted by molar-refractivity contribution is -0.136. The maximum atomic E-state index is 12.9. The normalized spacial score (nSPS) is 22.5. The molecule has 0 radical (unpaired) electrons. The molecule has 30 heavy (non-hydrogen) atoms. The summed E-state index contributed by atoms with van der Waals surface area (Å²) < 4.78 is 0. The van der Waals surface area contributed by atoms with Crippen LogP contribution in [-0.4, -0.2) is 33.6 Å². The van der Waals surface area contributed by atoms with Gasteiger partial charge in [-0.25, -0.2) is 4.98 Å². The van der Waals surface area contributed by atoms with E-state index in [9.17, 15) is 14.4 Å². The lowest BCUT2D eigenvalue weighted by atomic mass is 9.76. The standard InChI is InChI=1S/C21H23N5O3S/c22-21(6-1-7-21)16-11-30-20(24-16)23-9-12-2-3-13-10-26(19(29)14(13)8-12)15-4-5-17(27)25-18(15)28/h2-3,8,11,15H,1,4-7,9-10,22H2,(H,23,24)(H,25,27,28). The third-order valence-corrected chi connectivity index (χ3v) is 7.10. The van der Waals surface area contributed by atoms with Gasteiger partial charge in [0.1, 0.15) is 6.04 Å². The van der Waals surface area contributed by atoms with E-state index in [1.807, 2.05) is 23.6 Å². The van der Waals surface area contributed by atoms with Crippen LogP contribution in [0.25, 0.3) is 0 Å². The van der Waals surface area contributed by atoms with Crippen molar-refractivity contribution >= 4 is 34.2 Å². The van der Waals surface area contributed by atoms with Crippen LogP contribution < -0.4 is 16.4 Å². The molecule has 0 spiro atoms. The zero-order valence-corrected chi connectivity index (χ0v) is 17.3. The Balaban J connectivity index is 1.26. The molecule has 1 unspecified atom stereocenters. The van der Waals surface area contributed by atoms with Crippen molar-refractivity contribution in [1.29, 1.82) is 0 Å². The number of nitrogens with two attached hydrogens (primary N) is 1. The van der Waals surface area contributed by atoms with Gasteiger partial charge in [0.05, 0.1) is 11.2 Å². The Kier molecular flexibility index (Phi) is 4.59. The first kappa shape index (κ1) is 19.2. The van der Waals surface area contributed by atoms with Crippen molar-refractivity contribution in [2.45, 2.75) is 56.8 Å². The largest absolute Gasteiger partial charge is 0.357 e. The molecule has 1 atom stereocenters. The number of hydrogen-bond acceptors (Lipinski definition) is 7. The van der Waals surface area contributed by atoms with E-state index in [1.54, 1.807) is 16.2 Å². The third kappa shape index (κ3) is 3.27. The number of fused-ring (bicyclic) bond motifs is 1. The predicted molar refractivity (Wildman–Crippen MR) is 112 cm³/mol. The van der Waals surface area contributed by atoms with Crippen LogP contribution in [0.1, 0.15) is 59.3 Å². The third-order valence-electron chi connectivity index (χ3n) is 6.30. The van der Waals surface area contributed by atoms with Gasteiger partial charge in [0.2, 0.25) is 11.8 Å². The van der Waals surface area contributed by atoms with Crippen molar-refractivity contribution < 1.29 is 14.4 Å². The maximum absolute atomic E-state index is 12.9. The zero-order chi connectivity index (χ0) is 20.9. The minimum Gasteiger partial charge on any atom is -0.357 e. The van der Waals surface area contributed by atoms with E-state index >= 15 is 0 Å². The Morgan fingerprint density at radius 1 is 1.30 bits per heavy atom. The first-order valence-electron chi connectivity index (χ1n) is 10.2. The molecule has 5 rings (SSSR count). The molecule has 3 heterocycles. The molecule has 1 saturated carbocycles. The zero-order valence-electron chi connectivity index (χ0n) is 16.4. The SMILES string of the molecule is NC1(c2csc(NCc3ccc4c(c3)C(=O)N(C3CCC(=O)NC3=O)C4)n2)CCC1. The van der Waals surface area contributed by atoms with Gasteiger partial charge in [0.15, 0.2) is 5.13 Å². The van der Waals surface area contributed by atoms with Gasteiger partial charge < -0.3 is 16.0 Å². The van der Waals surface area contributed by atoms with E-state index in [0.29, 0.717) is 25.1 Å². The number of benzene rings is 1. The molecular weight excluding hydrogens is 402 g/mol. The number of rotatable bonds is 5. The number of nitrogens with one attached hydrogen (secondary N) is 2. The van der Waals surface area contributed by atoms with Gasteiger partial charge >= 0.3 is 0 Å². The summed E-state index contributed by atoms with van der Waals surface area (Å²) in [6.07, 6.45) is 3.73. The van der Waals surface area contributed by atoms with Crippen LogP contribution in [-0.2, 0) is 28.2 Å². The lowest BCUT2D eigenvalue weighted by Crippen LogP contribution is -2.52. The summed E-state index contributed by atoms with van der Waals surface area (Å²) in [7, 11) is 0. The van der Waals surface area contributed by atoms with Crippen LogP contribution in [0.5, 0.6) is 0 Å². The average molecular weight is 426 g/mol. The van der Waals surface area contributed by atoms with Gasteiger partial charge in [-0.05, 0) is 42.9 Å². The van der Waals surface area contributed by atoms with Gasteiger partial charge in [-0.1, -0.05) is 12.1 Å². The summed E-state index contributed by atoms with van der Waals surface area (Å²) in [5.74, 6) is -0.831. The first-order valence-corrected chi connectivity index (χ1v) is 11.1. The van der Waals surface area contributed by atoms with Crippen LogP contribution >= 0.6 is 11.3 Å². The first-order chi connectivity index (χ1) is 14.4. The monoisotopic (exact) mass is 425 g/mol. The van der Waals surface area contributed by atoms with E-state index in [-0.39, 0.29) is 23.8 Å². The van der Waals surface area contributed by atoms with Crippen LogP contribution in [0.4, 0.5) is 5.13 Å². The van der Waals surface area contributed by atoms with E-state index in [4.69, 9.17) is 5.73 Å². The molecule has 2 aliphatic heterocycles. The molecular formula is C21H23N5O3S. The molecule has 1 aromatic carbocycles. The summed E-state index contributed by atoms with van der Waals surface area (Å²) in [5.41, 5.74) is 9.51. The molecule has 1 aliphatic carbocycles. The minimum absolute atomic E-state index is 0.159. The molecule has 1 saturated heterocycles. The number of carbonyl (C=O) groups excluding carboxylic acids is 3. The maximum Gasteiger partial charge on any atom is 0.255 e. The van der Waals surface area contributed by atoms with Gasteiger partial charge in [0.25, 0.3) is 5.91 Å². The highest BCUT2D eigenvalue weighted by atomic mass is 32.1. The molecule has 9 heteroatoms. The van der Waals surface area contributed by atoms with E-state index in [0.717, 1.165) is 41.2 Å². The van der Waals surface area contributed by atoms with Crippen molar-refractivity contribution in [1.82, 2.24) is 15.2 Å². The summed E-state index contributed by atoms with van der Waals surface area (Å²) in [5, 5.41) is 8.48. The smallest absolute Gasteiger partial charge is 0.255 e. The second kappa shape index (κ2) is 7.17. The number of carbonyl (C=O) groups is 3. The fourth-order valence-corrected chi connectivity index (χ4v) is 5.10. The molecule has 156 valence electrons. The van der Waals surface area contributed by atoms with Crippen molar-refractivity contribution in [2.24, 2.45) is 5.73 Å². The van der Waals surface area contributed by atoms with Crippen molar-refractivity contribution in [2.75, 3.05) is 5.32 Å². The Morgan fingerprint density at radius 2 is 2.13 bits per heavy atom. The fraction of sp³-hybridized carbons (Fsp3) is 0.429. The second-order valence-electron chi connectivity index (χ2n) is 8.29. The fourth-order valence-electron chi connectivity index (χ4n) is 4.29. The molecule has 3 aliphatic rings. The quantitative estimate of drug-likeness (QED) is 0.630. The van der Waals surface area contributed by atoms with Gasteiger partial charge in [-0.3, -0.25) is 19.7 Å². The highest BCUT2D eigenvalue weighted by Crippen LogP contribution is 2.39. The van der Waals surface area contributed by atoms with Gasteiger partial charge in [0, 0.05) is 30.5 Å². The highest BCUT2D eigenvalue weighted by Gasteiger charge is 2.39. The Bertz CT molecular complexity index is 1050. The predicted octanol–water partition coefficient (Wildman–Crippen LogP) is 1.85. The Hall–Kier alpha value is -2.78. The van der Waals surface area contributed by atoms with E-state index in [1.165, 1.54) is 0 Å². The number of piperidine rings is 1. The van der Waals surface area contributed by atoms with Crippen molar-refractivity contribution in [3.8, 4) is 0 Å². The Morgan fingerprint density at radius 3 is 2.87 bits per heavy atom. The molecule has 0 bridgehead atoms. The lowest BCUT2D eigenvalue weighted by Gasteiger charge is -2.36. The summed E-state index contributed by atoms with van der Waals surface area (Å²) in [6.45, 7) is 0.937. The molecule has 8 nitrogen and oxygen atoms in total. The number of aromatic nitrogens is 1. The van der Waals surface area contributed by atoms with E-state index < -0.39 is 11.9 Å². The summed E-state index contributed by atoms with van der Waals surface area (Å²) in [6, 6.07) is 5.21. The van der Waals surface area contributed by atoms with Crippen LogP contribution in [0.3, 0.4) is 0 Å². The second-order valence-corrected chi connectivity index (χ2v) is 9.15. The molecule has 1 aromatic heterocycles. The average Bonchev–Trinajstić information content (AvgIpc) is 3.30. The van der Waals surface area contributed by atoms with Crippen molar-refractivity contribution in [3.63, 3.8) is 0 Å². The van der Waals surface area contributed by atoms with Gasteiger partial charge in [-0.2, -0.15) is 0 Å². The van der Waals surface area contributed by atoms with Crippen LogP contribution in [0.2, 0.25) is 0 Å². The number of amides is 3. The number of nitrogens with zero attached hydrogens (tertiary/aromatic N) is 2. The molecule has 4 N–H and O–H groups in total. The van der Waals surface area contributed by atoms with Crippen LogP contribution in [0.15, 0.2) is 23.6 Å². The topological polar surface area (TPSA) is 117 Å². The van der Waals surface area contributed by atoms with E-state index in [2.05, 4.69) is 15.6 Å². The molecule has 3 amide bonds. The van der Waals surface area contributed by atoms with Crippen LogP contribution in [0, 0.1) is 0 Å². The Labute approximate surface area is 177 Å². The number of imide groups is 1.